The van der Waals surface area contributed by atoms with Gasteiger partial charge in [0.1, 0.15) is 5.82 Å². The summed E-state index contributed by atoms with van der Waals surface area (Å²) in [7, 11) is -3.51. The Morgan fingerprint density at radius 3 is 2.67 bits per heavy atom. The molecule has 3 N–H and O–H groups in total. The highest BCUT2D eigenvalue weighted by molar-refractivity contribution is 7.89. The lowest BCUT2D eigenvalue weighted by Crippen LogP contribution is -2.34. The molecule has 102 valence electrons. The summed E-state index contributed by atoms with van der Waals surface area (Å²) in [4.78, 5) is 4.08. The first kappa shape index (κ1) is 13.5. The first-order chi connectivity index (χ1) is 8.42. The molecule has 1 fully saturated rings. The second kappa shape index (κ2) is 4.64. The summed E-state index contributed by atoms with van der Waals surface area (Å²) in [6, 6.07) is 0. The van der Waals surface area contributed by atoms with E-state index in [2.05, 4.69) is 9.71 Å². The van der Waals surface area contributed by atoms with Gasteiger partial charge >= 0.3 is 0 Å². The van der Waals surface area contributed by atoms with Crippen molar-refractivity contribution in [3.8, 4) is 0 Å². The Balaban J connectivity index is 2.10. The van der Waals surface area contributed by atoms with Gasteiger partial charge in [-0.3, -0.25) is 0 Å². The number of sulfonamides is 1. The summed E-state index contributed by atoms with van der Waals surface area (Å²) < 4.78 is 28.6. The van der Waals surface area contributed by atoms with Crippen molar-refractivity contribution in [3.05, 3.63) is 12.0 Å². The molecular formula is C11H20N4O2S. The van der Waals surface area contributed by atoms with Crippen LogP contribution in [0.25, 0.3) is 0 Å². The van der Waals surface area contributed by atoms with Crippen molar-refractivity contribution in [2.45, 2.75) is 38.3 Å². The van der Waals surface area contributed by atoms with Crippen LogP contribution in [0.15, 0.2) is 11.2 Å². The van der Waals surface area contributed by atoms with Gasteiger partial charge in [0, 0.05) is 19.3 Å². The van der Waals surface area contributed by atoms with Gasteiger partial charge in [0.2, 0.25) is 0 Å². The van der Waals surface area contributed by atoms with Gasteiger partial charge in [-0.15, -0.1) is 0 Å². The van der Waals surface area contributed by atoms with Crippen LogP contribution in [0.1, 0.15) is 25.6 Å². The van der Waals surface area contributed by atoms with Gasteiger partial charge in [-0.05, 0) is 38.6 Å². The maximum atomic E-state index is 12.1. The third-order valence-electron chi connectivity index (χ3n) is 3.60. The monoisotopic (exact) mass is 272 g/mol. The van der Waals surface area contributed by atoms with Crippen LogP contribution in [0.3, 0.4) is 0 Å². The highest BCUT2D eigenvalue weighted by Gasteiger charge is 2.42. The first-order valence-corrected chi connectivity index (χ1v) is 7.64. The Labute approximate surface area is 108 Å². The zero-order valence-electron chi connectivity index (χ0n) is 10.8. The Kier molecular flexibility index (Phi) is 3.48. The minimum atomic E-state index is -3.51. The molecule has 1 heterocycles. The zero-order chi connectivity index (χ0) is 13.4. The number of hydrogen-bond acceptors (Lipinski definition) is 4. The molecule has 0 aromatic carbocycles. The number of hydrogen-bond donors (Lipinski definition) is 2. The van der Waals surface area contributed by atoms with Gasteiger partial charge in [-0.25, -0.2) is 18.1 Å². The SMILES string of the molecule is CCn1cc(S(=O)(=O)NCC2(CN)CC2)nc1C. The summed E-state index contributed by atoms with van der Waals surface area (Å²) >= 11 is 0. The Bertz CT molecular complexity index is 531. The quantitative estimate of drug-likeness (QED) is 0.775. The fourth-order valence-corrected chi connectivity index (χ4v) is 3.04. The van der Waals surface area contributed by atoms with Crippen LogP contribution in [-0.4, -0.2) is 31.1 Å². The maximum Gasteiger partial charge on any atom is 0.259 e. The number of nitrogens with one attached hydrogen (secondary N) is 1. The highest BCUT2D eigenvalue weighted by atomic mass is 32.2. The van der Waals surface area contributed by atoms with E-state index in [4.69, 9.17) is 5.73 Å². The Morgan fingerprint density at radius 2 is 2.22 bits per heavy atom. The second-order valence-corrected chi connectivity index (χ2v) is 6.65. The molecule has 0 radical (unpaired) electrons. The van der Waals surface area contributed by atoms with Crippen LogP contribution in [0.2, 0.25) is 0 Å². The smallest absolute Gasteiger partial charge is 0.259 e. The van der Waals surface area contributed by atoms with Crippen molar-refractivity contribution in [1.82, 2.24) is 14.3 Å². The number of nitrogens with zero attached hydrogens (tertiary/aromatic N) is 2. The predicted molar refractivity (Wildman–Crippen MR) is 68.5 cm³/mol. The van der Waals surface area contributed by atoms with Gasteiger partial charge in [0.25, 0.3) is 10.0 Å². The molecule has 1 aliphatic rings. The third kappa shape index (κ3) is 2.57. The number of rotatable bonds is 6. The van der Waals surface area contributed by atoms with Crippen molar-refractivity contribution in [1.29, 1.82) is 0 Å². The minimum absolute atomic E-state index is 0.0184. The molecule has 0 unspecified atom stereocenters. The largest absolute Gasteiger partial charge is 0.334 e. The summed E-state index contributed by atoms with van der Waals surface area (Å²) in [5, 5.41) is 0.0923. The standard InChI is InChI=1S/C11H20N4O2S/c1-3-15-6-10(14-9(15)2)18(16,17)13-8-11(7-12)4-5-11/h6,13H,3-5,7-8,12H2,1-2H3. The van der Waals surface area contributed by atoms with E-state index in [1.54, 1.807) is 13.1 Å². The molecule has 7 heteroatoms. The molecule has 0 bridgehead atoms. The van der Waals surface area contributed by atoms with Gasteiger partial charge in [-0.2, -0.15) is 0 Å². The molecule has 0 saturated heterocycles. The lowest BCUT2D eigenvalue weighted by Gasteiger charge is -2.12. The molecule has 1 aromatic heterocycles. The number of aromatic nitrogens is 2. The molecule has 1 aromatic rings. The van der Waals surface area contributed by atoms with E-state index >= 15 is 0 Å². The normalized spacial score (nSPS) is 17.9. The van der Waals surface area contributed by atoms with Gasteiger partial charge in [0.15, 0.2) is 5.03 Å². The fourth-order valence-electron chi connectivity index (χ4n) is 1.88. The predicted octanol–water partition coefficient (Wildman–Crippen LogP) is 0.229. The lowest BCUT2D eigenvalue weighted by atomic mass is 10.1. The molecule has 0 amide bonds. The molecule has 0 spiro atoms. The number of imidazole rings is 1. The Morgan fingerprint density at radius 1 is 1.56 bits per heavy atom. The van der Waals surface area contributed by atoms with Crippen LogP contribution in [0.4, 0.5) is 0 Å². The molecule has 18 heavy (non-hydrogen) atoms. The summed E-state index contributed by atoms with van der Waals surface area (Å²) in [5.41, 5.74) is 5.61. The van der Waals surface area contributed by atoms with Crippen molar-refractivity contribution < 1.29 is 8.42 Å². The average molecular weight is 272 g/mol. The van der Waals surface area contributed by atoms with E-state index in [1.165, 1.54) is 0 Å². The van der Waals surface area contributed by atoms with E-state index in [9.17, 15) is 8.42 Å². The molecule has 0 aliphatic heterocycles. The molecule has 0 atom stereocenters. The third-order valence-corrected chi connectivity index (χ3v) is 4.87. The van der Waals surface area contributed by atoms with E-state index in [0.717, 1.165) is 12.8 Å². The van der Waals surface area contributed by atoms with Crippen molar-refractivity contribution >= 4 is 10.0 Å². The molecular weight excluding hydrogens is 252 g/mol. The van der Waals surface area contributed by atoms with Gasteiger partial charge in [0.05, 0.1) is 0 Å². The average Bonchev–Trinajstić information content (AvgIpc) is 3.03. The first-order valence-electron chi connectivity index (χ1n) is 6.16. The summed E-state index contributed by atoms with van der Waals surface area (Å²) in [5.74, 6) is 0.706. The van der Waals surface area contributed by atoms with Crippen molar-refractivity contribution in [2.24, 2.45) is 11.1 Å². The van der Waals surface area contributed by atoms with Crippen LogP contribution in [-0.2, 0) is 16.6 Å². The second-order valence-electron chi connectivity index (χ2n) is 4.94. The van der Waals surface area contributed by atoms with Crippen molar-refractivity contribution in [3.63, 3.8) is 0 Å². The van der Waals surface area contributed by atoms with Gasteiger partial charge < -0.3 is 10.3 Å². The van der Waals surface area contributed by atoms with Crippen LogP contribution in [0.5, 0.6) is 0 Å². The lowest BCUT2D eigenvalue weighted by molar-refractivity contribution is 0.500. The van der Waals surface area contributed by atoms with Crippen molar-refractivity contribution in [2.75, 3.05) is 13.1 Å². The number of nitrogens with two attached hydrogens (primary N) is 1. The minimum Gasteiger partial charge on any atom is -0.334 e. The molecule has 1 aliphatic carbocycles. The molecule has 6 nitrogen and oxygen atoms in total. The van der Waals surface area contributed by atoms with Crippen LogP contribution >= 0.6 is 0 Å². The number of aryl methyl sites for hydroxylation is 2. The zero-order valence-corrected chi connectivity index (χ0v) is 11.6. The molecule has 1 saturated carbocycles. The summed E-state index contributed by atoms with van der Waals surface area (Å²) in [6.45, 7) is 5.39. The fraction of sp³-hybridized carbons (Fsp3) is 0.727. The maximum absolute atomic E-state index is 12.1. The van der Waals surface area contributed by atoms with E-state index in [1.807, 2.05) is 11.5 Å². The van der Waals surface area contributed by atoms with E-state index < -0.39 is 10.0 Å². The van der Waals surface area contributed by atoms with E-state index in [0.29, 0.717) is 25.5 Å². The summed E-state index contributed by atoms with van der Waals surface area (Å²) in [6.07, 6.45) is 3.56. The Hall–Kier alpha value is -0.920. The van der Waals surface area contributed by atoms with E-state index in [-0.39, 0.29) is 10.4 Å². The van der Waals surface area contributed by atoms with Gasteiger partial charge in [-0.1, -0.05) is 0 Å². The molecule has 2 rings (SSSR count). The topological polar surface area (TPSA) is 90.0 Å². The van der Waals surface area contributed by atoms with Crippen LogP contribution < -0.4 is 10.5 Å². The highest BCUT2D eigenvalue weighted by Crippen LogP contribution is 2.43. The van der Waals surface area contributed by atoms with Crippen LogP contribution in [0, 0.1) is 12.3 Å².